The van der Waals surface area contributed by atoms with Crippen molar-refractivity contribution in [3.8, 4) is 5.75 Å². The number of likely N-dealkylation sites (tertiary alicyclic amines) is 1. The normalized spacial score (nSPS) is 18.0. The Morgan fingerprint density at radius 1 is 1.40 bits per heavy atom. The molecule has 1 atom stereocenters. The minimum atomic E-state index is -0.454. The third kappa shape index (κ3) is 3.00. The molecule has 1 N–H and O–H groups in total. The van der Waals surface area contributed by atoms with Crippen molar-refractivity contribution < 1.29 is 14.3 Å². The molecule has 3 heterocycles. The van der Waals surface area contributed by atoms with Crippen molar-refractivity contribution in [2.45, 2.75) is 25.7 Å². The molecule has 5 nitrogen and oxygen atoms in total. The molecule has 1 fully saturated rings. The van der Waals surface area contributed by atoms with E-state index in [4.69, 9.17) is 0 Å². The van der Waals surface area contributed by atoms with Crippen LogP contribution in [0.2, 0.25) is 0 Å². The van der Waals surface area contributed by atoms with Crippen LogP contribution in [-0.2, 0) is 0 Å². The number of imidazole rings is 1. The van der Waals surface area contributed by atoms with E-state index in [1.807, 2.05) is 17.5 Å². The average Bonchev–Trinajstić information content (AvgIpc) is 3.12. The van der Waals surface area contributed by atoms with E-state index < -0.39 is 5.82 Å². The molecule has 7 heteroatoms. The fourth-order valence-electron chi connectivity index (χ4n) is 3.48. The summed E-state index contributed by atoms with van der Waals surface area (Å²) in [5.74, 6) is -0.572. The van der Waals surface area contributed by atoms with Gasteiger partial charge in [0.05, 0.1) is 6.20 Å². The topological polar surface area (TPSA) is 57.8 Å². The smallest absolute Gasteiger partial charge is 0.272 e. The summed E-state index contributed by atoms with van der Waals surface area (Å²) in [6.45, 7) is 3.17. The maximum atomic E-state index is 13.6. The number of carbonyl (C=O) groups excluding carboxylic acids is 1. The highest BCUT2D eigenvalue weighted by Gasteiger charge is 2.28. The molecule has 0 saturated carbocycles. The average molecular weight is 359 g/mol. The van der Waals surface area contributed by atoms with Crippen molar-refractivity contribution >= 4 is 22.2 Å². The van der Waals surface area contributed by atoms with Crippen LogP contribution in [-0.4, -0.2) is 38.4 Å². The van der Waals surface area contributed by atoms with Crippen LogP contribution in [0, 0.1) is 12.7 Å². The van der Waals surface area contributed by atoms with Crippen LogP contribution in [0.5, 0.6) is 5.75 Å². The Balaban J connectivity index is 1.59. The number of halogens is 1. The summed E-state index contributed by atoms with van der Waals surface area (Å²) in [5.41, 5.74) is 1.29. The fraction of sp³-hybridized carbons (Fsp3) is 0.333. The number of phenols is 1. The molecule has 1 aliphatic heterocycles. The molecule has 3 aromatic rings. The van der Waals surface area contributed by atoms with Crippen molar-refractivity contribution in [1.29, 1.82) is 0 Å². The summed E-state index contributed by atoms with van der Waals surface area (Å²) in [4.78, 5) is 21.0. The number of fused-ring (bicyclic) bond motifs is 1. The molecule has 1 aromatic carbocycles. The number of amides is 1. The van der Waals surface area contributed by atoms with E-state index in [1.165, 1.54) is 6.07 Å². The summed E-state index contributed by atoms with van der Waals surface area (Å²) in [6, 6.07) is 4.12. The zero-order chi connectivity index (χ0) is 17.6. The molecule has 1 unspecified atom stereocenters. The number of thiazole rings is 1. The highest BCUT2D eigenvalue weighted by molar-refractivity contribution is 7.17. The second-order valence-electron chi connectivity index (χ2n) is 6.47. The third-order valence-electron chi connectivity index (χ3n) is 4.63. The molecule has 0 spiro atoms. The predicted octanol–water partition coefficient (Wildman–Crippen LogP) is 3.57. The second kappa shape index (κ2) is 6.15. The van der Waals surface area contributed by atoms with Gasteiger partial charge < -0.3 is 10.0 Å². The number of phenolic OH excluding ortho intramolecular Hbond substituents is 1. The van der Waals surface area contributed by atoms with E-state index in [1.54, 1.807) is 28.5 Å². The highest BCUT2D eigenvalue weighted by atomic mass is 32.1. The molecular weight excluding hydrogens is 341 g/mol. The van der Waals surface area contributed by atoms with E-state index >= 15 is 0 Å². The number of nitrogens with zero attached hydrogens (tertiary/aromatic N) is 3. The first kappa shape index (κ1) is 16.1. The number of piperidine rings is 1. The number of aromatic nitrogens is 2. The number of aromatic hydroxyl groups is 1. The summed E-state index contributed by atoms with van der Waals surface area (Å²) >= 11 is 1.55. The van der Waals surface area contributed by atoms with Crippen LogP contribution in [0.15, 0.2) is 30.6 Å². The Bertz CT molecular complexity index is 929. The number of hydrogen-bond acceptors (Lipinski definition) is 4. The summed E-state index contributed by atoms with van der Waals surface area (Å²) in [7, 11) is 0. The Morgan fingerprint density at radius 3 is 3.04 bits per heavy atom. The number of benzene rings is 1. The lowest BCUT2D eigenvalue weighted by Gasteiger charge is -2.33. The molecule has 0 bridgehead atoms. The third-order valence-corrected chi connectivity index (χ3v) is 5.54. The highest BCUT2D eigenvalue weighted by Crippen LogP contribution is 2.30. The van der Waals surface area contributed by atoms with Gasteiger partial charge in [-0.2, -0.15) is 0 Å². The van der Waals surface area contributed by atoms with Crippen molar-refractivity contribution in [3.63, 3.8) is 0 Å². The van der Waals surface area contributed by atoms with Crippen LogP contribution in [0.3, 0.4) is 0 Å². The summed E-state index contributed by atoms with van der Waals surface area (Å²) in [5, 5.41) is 9.64. The first-order valence-corrected chi connectivity index (χ1v) is 9.05. The predicted molar refractivity (Wildman–Crippen MR) is 93.7 cm³/mol. The van der Waals surface area contributed by atoms with Gasteiger partial charge in [-0.25, -0.2) is 9.37 Å². The lowest BCUT2D eigenvalue weighted by Crippen LogP contribution is -2.39. The molecule has 130 valence electrons. The molecule has 2 aromatic heterocycles. The lowest BCUT2D eigenvalue weighted by molar-refractivity contribution is 0.0700. The van der Waals surface area contributed by atoms with Crippen molar-refractivity contribution in [1.82, 2.24) is 14.3 Å². The van der Waals surface area contributed by atoms with E-state index in [0.717, 1.165) is 34.3 Å². The Morgan fingerprint density at radius 2 is 2.24 bits per heavy atom. The molecule has 0 radical (unpaired) electrons. The maximum absolute atomic E-state index is 13.6. The number of rotatable bonds is 2. The van der Waals surface area contributed by atoms with Gasteiger partial charge in [-0.15, -0.1) is 11.3 Å². The molecule has 1 amide bonds. The summed E-state index contributed by atoms with van der Waals surface area (Å²) in [6.07, 6.45) is 5.25. The lowest BCUT2D eigenvalue weighted by atomic mass is 9.90. The van der Waals surface area contributed by atoms with Gasteiger partial charge in [0, 0.05) is 36.1 Å². The minimum Gasteiger partial charge on any atom is -0.508 e. The van der Waals surface area contributed by atoms with Gasteiger partial charge in [0.2, 0.25) is 0 Å². The van der Waals surface area contributed by atoms with Crippen molar-refractivity contribution in [2.75, 3.05) is 13.1 Å². The van der Waals surface area contributed by atoms with Crippen molar-refractivity contribution in [2.24, 2.45) is 0 Å². The fourth-order valence-corrected chi connectivity index (χ4v) is 4.28. The molecular formula is C18H18FN3O2S. The second-order valence-corrected chi connectivity index (χ2v) is 7.68. The first-order chi connectivity index (χ1) is 12.0. The van der Waals surface area contributed by atoms with Gasteiger partial charge in [0.25, 0.3) is 5.91 Å². The van der Waals surface area contributed by atoms with Crippen molar-refractivity contribution in [3.05, 3.63) is 52.5 Å². The Hall–Kier alpha value is -2.41. The number of aryl methyl sites for hydroxylation is 1. The molecule has 1 saturated heterocycles. The largest absolute Gasteiger partial charge is 0.508 e. The van der Waals surface area contributed by atoms with Crippen LogP contribution < -0.4 is 0 Å². The van der Waals surface area contributed by atoms with Gasteiger partial charge in [-0.3, -0.25) is 9.20 Å². The molecule has 25 heavy (non-hydrogen) atoms. The maximum Gasteiger partial charge on any atom is 0.272 e. The zero-order valence-electron chi connectivity index (χ0n) is 13.8. The molecule has 0 aliphatic carbocycles. The quantitative estimate of drug-likeness (QED) is 0.761. The number of carbonyl (C=O) groups is 1. The van der Waals surface area contributed by atoms with E-state index in [-0.39, 0.29) is 17.6 Å². The first-order valence-electron chi connectivity index (χ1n) is 8.23. The van der Waals surface area contributed by atoms with Gasteiger partial charge >= 0.3 is 0 Å². The van der Waals surface area contributed by atoms with Crippen LogP contribution >= 0.6 is 11.3 Å². The standard InChI is InChI=1S/C18H18FN3O2S/c1-11-9-22-16(8-20-18(22)25-11)17(24)21-4-2-3-12(10-21)13-5-14(19)7-15(23)6-13/h5-9,12,23H,2-4,10H2,1H3. The van der Waals surface area contributed by atoms with E-state index in [9.17, 15) is 14.3 Å². The minimum absolute atomic E-state index is 0.0203. The Kier molecular flexibility index (Phi) is 3.95. The SMILES string of the molecule is Cc1cn2c(C(=O)N3CCCC(c4cc(O)cc(F)c4)C3)cnc2s1. The van der Waals surface area contributed by atoms with E-state index in [2.05, 4.69) is 4.98 Å². The summed E-state index contributed by atoms with van der Waals surface area (Å²) < 4.78 is 15.4. The van der Waals surface area contributed by atoms with Gasteiger partial charge in [0.1, 0.15) is 17.3 Å². The van der Waals surface area contributed by atoms with Gasteiger partial charge in [-0.05, 0) is 37.5 Å². The Labute approximate surface area is 148 Å². The monoisotopic (exact) mass is 359 g/mol. The number of hydrogen-bond donors (Lipinski definition) is 1. The zero-order valence-corrected chi connectivity index (χ0v) is 14.6. The van der Waals surface area contributed by atoms with E-state index in [0.29, 0.717) is 18.8 Å². The van der Waals surface area contributed by atoms with Gasteiger partial charge in [-0.1, -0.05) is 0 Å². The molecule has 1 aliphatic rings. The van der Waals surface area contributed by atoms with Crippen LogP contribution in [0.1, 0.15) is 39.7 Å². The molecule has 4 rings (SSSR count). The van der Waals surface area contributed by atoms with Crippen LogP contribution in [0.4, 0.5) is 4.39 Å². The van der Waals surface area contributed by atoms with Crippen LogP contribution in [0.25, 0.3) is 4.96 Å². The van der Waals surface area contributed by atoms with Gasteiger partial charge in [0.15, 0.2) is 4.96 Å².